The van der Waals surface area contributed by atoms with Gasteiger partial charge >= 0.3 is 12.0 Å². The predicted molar refractivity (Wildman–Crippen MR) is 86.1 cm³/mol. The molecule has 130 valence electrons. The zero-order valence-electron chi connectivity index (χ0n) is 13.8. The van der Waals surface area contributed by atoms with E-state index in [9.17, 15) is 9.59 Å². The normalized spacial score (nSPS) is 35.5. The van der Waals surface area contributed by atoms with Crippen LogP contribution in [0, 0.1) is 5.92 Å². The molecule has 0 saturated carbocycles. The second-order valence-electron chi connectivity index (χ2n) is 6.99. The molecule has 24 heavy (non-hydrogen) atoms. The maximum atomic E-state index is 12.4. The molecule has 3 heterocycles. The smallest absolute Gasteiger partial charge is 0.319 e. The molecule has 3 fully saturated rings. The molecule has 3 saturated heterocycles. The molecule has 3 atom stereocenters. The van der Waals surface area contributed by atoms with Crippen molar-refractivity contribution in [1.29, 1.82) is 0 Å². The number of carbonyl (C=O) groups is 2. The third-order valence-corrected chi connectivity index (χ3v) is 5.50. The van der Waals surface area contributed by atoms with E-state index in [0.717, 1.165) is 31.6 Å². The Morgan fingerprint density at radius 2 is 2.00 bits per heavy atom. The summed E-state index contributed by atoms with van der Waals surface area (Å²) < 4.78 is 10.7. The first kappa shape index (κ1) is 15.7. The van der Waals surface area contributed by atoms with E-state index in [2.05, 4.69) is 22.6 Å². The van der Waals surface area contributed by atoms with E-state index in [1.165, 1.54) is 0 Å². The van der Waals surface area contributed by atoms with E-state index in [0.29, 0.717) is 30.8 Å². The van der Waals surface area contributed by atoms with Crippen LogP contribution in [0.15, 0.2) is 23.4 Å². The summed E-state index contributed by atoms with van der Waals surface area (Å²) in [7, 11) is 2.13. The molecule has 4 aliphatic rings. The third kappa shape index (κ3) is 2.82. The number of amides is 2. The van der Waals surface area contributed by atoms with Crippen LogP contribution in [0.25, 0.3) is 0 Å². The second-order valence-corrected chi connectivity index (χ2v) is 6.99. The van der Waals surface area contributed by atoms with Gasteiger partial charge in [-0.15, -0.1) is 0 Å². The van der Waals surface area contributed by atoms with Gasteiger partial charge in [0.15, 0.2) is 0 Å². The number of carbonyl (C=O) groups excluding carboxylic acids is 2. The van der Waals surface area contributed by atoms with Gasteiger partial charge in [-0.25, -0.2) is 4.79 Å². The summed E-state index contributed by atoms with van der Waals surface area (Å²) in [6.07, 6.45) is 6.37. The van der Waals surface area contributed by atoms with Crippen molar-refractivity contribution in [2.45, 2.75) is 37.4 Å². The molecule has 0 aromatic heterocycles. The Morgan fingerprint density at radius 3 is 2.75 bits per heavy atom. The number of ether oxygens (including phenoxy) is 2. The maximum Gasteiger partial charge on any atom is 0.319 e. The molecule has 2 bridgehead atoms. The SMILES string of the molecule is CN1C2COCC1CC(NC(=O)NC1=CCC=C3COC(=O)C31)C2. The highest BCUT2D eigenvalue weighted by atomic mass is 16.5. The van der Waals surface area contributed by atoms with Crippen molar-refractivity contribution in [1.82, 2.24) is 15.5 Å². The number of morpholine rings is 1. The lowest BCUT2D eigenvalue weighted by molar-refractivity contribution is -0.140. The number of nitrogens with zero attached hydrogens (tertiary/aromatic N) is 1. The molecule has 4 rings (SSSR count). The first-order chi connectivity index (χ1) is 11.6. The van der Waals surface area contributed by atoms with Crippen molar-refractivity contribution < 1.29 is 19.1 Å². The number of nitrogens with one attached hydrogen (secondary N) is 2. The number of likely N-dealkylation sites (N-methyl/N-ethyl adjacent to an activating group) is 1. The van der Waals surface area contributed by atoms with Crippen LogP contribution in [0.4, 0.5) is 4.79 Å². The van der Waals surface area contributed by atoms with E-state index in [-0.39, 0.29) is 18.0 Å². The first-order valence-electron chi connectivity index (χ1n) is 8.54. The minimum atomic E-state index is -0.435. The summed E-state index contributed by atoms with van der Waals surface area (Å²) in [5, 5.41) is 5.93. The lowest BCUT2D eigenvalue weighted by Gasteiger charge is -2.46. The Balaban J connectivity index is 1.36. The van der Waals surface area contributed by atoms with Crippen LogP contribution >= 0.6 is 0 Å². The average molecular weight is 333 g/mol. The van der Waals surface area contributed by atoms with Crippen molar-refractivity contribution in [3.8, 4) is 0 Å². The lowest BCUT2D eigenvalue weighted by Crippen LogP contribution is -2.59. The number of allylic oxidation sites excluding steroid dienone is 2. The molecule has 0 aromatic carbocycles. The van der Waals surface area contributed by atoms with Crippen LogP contribution in [0.3, 0.4) is 0 Å². The van der Waals surface area contributed by atoms with Crippen LogP contribution in [0.1, 0.15) is 19.3 Å². The van der Waals surface area contributed by atoms with Gasteiger partial charge in [0.1, 0.15) is 12.5 Å². The fourth-order valence-corrected chi connectivity index (χ4v) is 4.12. The summed E-state index contributed by atoms with van der Waals surface area (Å²) >= 11 is 0. The zero-order chi connectivity index (χ0) is 16.7. The minimum Gasteiger partial charge on any atom is -0.460 e. The number of piperidine rings is 1. The largest absolute Gasteiger partial charge is 0.460 e. The van der Waals surface area contributed by atoms with Gasteiger partial charge in [0.2, 0.25) is 0 Å². The first-order valence-corrected chi connectivity index (χ1v) is 8.54. The molecule has 7 heteroatoms. The van der Waals surface area contributed by atoms with Crippen LogP contribution in [0.2, 0.25) is 0 Å². The van der Waals surface area contributed by atoms with Gasteiger partial charge in [0, 0.05) is 23.8 Å². The van der Waals surface area contributed by atoms with Gasteiger partial charge in [-0.2, -0.15) is 0 Å². The molecular weight excluding hydrogens is 310 g/mol. The summed E-state index contributed by atoms with van der Waals surface area (Å²) in [6.45, 7) is 1.78. The number of rotatable bonds is 2. The highest BCUT2D eigenvalue weighted by Crippen LogP contribution is 2.31. The third-order valence-electron chi connectivity index (χ3n) is 5.50. The number of hydrogen-bond acceptors (Lipinski definition) is 5. The Labute approximate surface area is 141 Å². The molecule has 1 aliphatic carbocycles. The van der Waals surface area contributed by atoms with E-state index in [4.69, 9.17) is 9.47 Å². The van der Waals surface area contributed by atoms with Crippen molar-refractivity contribution in [2.75, 3.05) is 26.9 Å². The van der Waals surface area contributed by atoms with Gasteiger partial charge in [-0.1, -0.05) is 12.2 Å². The van der Waals surface area contributed by atoms with Gasteiger partial charge < -0.3 is 20.1 Å². The number of fused-ring (bicyclic) bond motifs is 3. The van der Waals surface area contributed by atoms with E-state index in [1.807, 2.05) is 12.2 Å². The fraction of sp³-hybridized carbons (Fsp3) is 0.647. The van der Waals surface area contributed by atoms with Gasteiger partial charge in [0.05, 0.1) is 13.2 Å². The predicted octanol–water partition coefficient (Wildman–Crippen LogP) is 0.534. The summed E-state index contributed by atoms with van der Waals surface area (Å²) in [4.78, 5) is 26.6. The Kier molecular flexibility index (Phi) is 4.05. The second kappa shape index (κ2) is 6.22. The van der Waals surface area contributed by atoms with Crippen LogP contribution < -0.4 is 10.6 Å². The number of urea groups is 1. The fourth-order valence-electron chi connectivity index (χ4n) is 4.12. The highest BCUT2D eigenvalue weighted by molar-refractivity contribution is 5.85. The van der Waals surface area contributed by atoms with Crippen LogP contribution in [-0.4, -0.2) is 61.9 Å². The molecule has 0 aromatic rings. The number of cyclic esters (lactones) is 1. The van der Waals surface area contributed by atoms with Crippen LogP contribution in [0.5, 0.6) is 0 Å². The zero-order valence-corrected chi connectivity index (χ0v) is 13.8. The van der Waals surface area contributed by atoms with Crippen molar-refractivity contribution >= 4 is 12.0 Å². The average Bonchev–Trinajstić information content (AvgIpc) is 2.91. The molecule has 7 nitrogen and oxygen atoms in total. The van der Waals surface area contributed by atoms with Crippen molar-refractivity contribution in [3.63, 3.8) is 0 Å². The van der Waals surface area contributed by atoms with Crippen molar-refractivity contribution in [2.24, 2.45) is 5.92 Å². The molecule has 2 N–H and O–H groups in total. The monoisotopic (exact) mass is 333 g/mol. The molecule has 3 unspecified atom stereocenters. The van der Waals surface area contributed by atoms with Gasteiger partial charge in [-0.3, -0.25) is 9.69 Å². The summed E-state index contributed by atoms with van der Waals surface area (Å²) in [5.41, 5.74) is 1.59. The summed E-state index contributed by atoms with van der Waals surface area (Å²) in [6, 6.07) is 0.609. The van der Waals surface area contributed by atoms with E-state index >= 15 is 0 Å². The lowest BCUT2D eigenvalue weighted by atomic mass is 9.90. The Hall–Kier alpha value is -1.86. The molecule has 2 amide bonds. The quantitative estimate of drug-likeness (QED) is 0.569. The molecular formula is C17H23N3O4. The Morgan fingerprint density at radius 1 is 1.25 bits per heavy atom. The maximum absolute atomic E-state index is 12.4. The standard InChI is InChI=1S/C17H23N3O4/c1-20-12-5-11(6-13(20)9-23-8-12)18-17(22)19-14-4-2-3-10-7-24-16(21)15(10)14/h3-4,11-13,15H,2,5-9H2,1H3,(H2,18,19,22). The Bertz CT molecular complexity index is 601. The van der Waals surface area contributed by atoms with E-state index in [1.54, 1.807) is 0 Å². The molecule has 0 spiro atoms. The number of esters is 1. The molecule has 3 aliphatic heterocycles. The summed E-state index contributed by atoms with van der Waals surface area (Å²) in [5.74, 6) is -0.715. The molecule has 0 radical (unpaired) electrons. The van der Waals surface area contributed by atoms with Crippen LogP contribution in [-0.2, 0) is 14.3 Å². The topological polar surface area (TPSA) is 79.9 Å². The minimum absolute atomic E-state index is 0.134. The highest BCUT2D eigenvalue weighted by Gasteiger charge is 2.39. The van der Waals surface area contributed by atoms with Crippen molar-refractivity contribution in [3.05, 3.63) is 23.4 Å². The van der Waals surface area contributed by atoms with Gasteiger partial charge in [0.25, 0.3) is 0 Å². The van der Waals surface area contributed by atoms with Gasteiger partial charge in [-0.05, 0) is 31.9 Å². The van der Waals surface area contributed by atoms with E-state index < -0.39 is 5.92 Å². The number of hydrogen-bond donors (Lipinski definition) is 2.